The largest absolute Gasteiger partial charge is 0.391 e. The highest BCUT2D eigenvalue weighted by molar-refractivity contribution is 9.09. The predicted molar refractivity (Wildman–Crippen MR) is 68.8 cm³/mol. The van der Waals surface area contributed by atoms with Gasteiger partial charge in [-0.2, -0.15) is 0 Å². The minimum Gasteiger partial charge on any atom is -0.391 e. The molecule has 15 heavy (non-hydrogen) atoms. The van der Waals surface area contributed by atoms with Crippen LogP contribution in [0.1, 0.15) is 0 Å². The van der Waals surface area contributed by atoms with Gasteiger partial charge in [-0.25, -0.2) is 0 Å². The highest BCUT2D eigenvalue weighted by Gasteiger charge is 2.05. The molecule has 0 amide bonds. The molecular formula is C11H12BrNOS. The molecular weight excluding hydrogens is 274 g/mol. The first-order valence-corrected chi connectivity index (χ1v) is 6.85. The highest BCUT2D eigenvalue weighted by atomic mass is 79.9. The number of aliphatic hydroxyl groups excluding tert-OH is 1. The summed E-state index contributed by atoms with van der Waals surface area (Å²) in [7, 11) is 0. The second-order valence-electron chi connectivity index (χ2n) is 3.34. The van der Waals surface area contributed by atoms with E-state index >= 15 is 0 Å². The van der Waals surface area contributed by atoms with Crippen molar-refractivity contribution in [1.29, 1.82) is 0 Å². The van der Waals surface area contributed by atoms with Crippen LogP contribution in [0.3, 0.4) is 0 Å². The van der Waals surface area contributed by atoms with E-state index in [9.17, 15) is 5.11 Å². The van der Waals surface area contributed by atoms with E-state index in [1.54, 1.807) is 11.8 Å². The van der Waals surface area contributed by atoms with E-state index < -0.39 is 0 Å². The van der Waals surface area contributed by atoms with Crippen molar-refractivity contribution in [1.82, 2.24) is 4.98 Å². The Bertz CT molecular complexity index is 410. The fourth-order valence-electron chi connectivity index (χ4n) is 1.36. The first kappa shape index (κ1) is 11.0. The Labute approximate surface area is 101 Å². The summed E-state index contributed by atoms with van der Waals surface area (Å²) in [6.07, 6.45) is -0.290. The number of H-pyrrole nitrogens is 1. The van der Waals surface area contributed by atoms with E-state index in [0.29, 0.717) is 11.1 Å². The molecule has 0 bridgehead atoms. The van der Waals surface area contributed by atoms with E-state index in [1.807, 2.05) is 12.1 Å². The number of halogens is 1. The topological polar surface area (TPSA) is 36.0 Å². The van der Waals surface area contributed by atoms with Crippen LogP contribution in [0.5, 0.6) is 0 Å². The number of alkyl halides is 1. The van der Waals surface area contributed by atoms with Crippen molar-refractivity contribution in [3.63, 3.8) is 0 Å². The first-order chi connectivity index (χ1) is 7.29. The van der Waals surface area contributed by atoms with Gasteiger partial charge in [0.15, 0.2) is 0 Å². The summed E-state index contributed by atoms with van der Waals surface area (Å²) < 4.78 is 0. The smallest absolute Gasteiger partial charge is 0.0733 e. The molecule has 0 aliphatic carbocycles. The molecule has 1 heterocycles. The van der Waals surface area contributed by atoms with Crippen molar-refractivity contribution in [2.75, 3.05) is 11.1 Å². The molecule has 2 nitrogen and oxygen atoms in total. The summed E-state index contributed by atoms with van der Waals surface area (Å²) >= 11 is 4.89. The van der Waals surface area contributed by atoms with E-state index in [2.05, 4.69) is 39.1 Å². The maximum atomic E-state index is 9.41. The van der Waals surface area contributed by atoms with Gasteiger partial charge in [0.2, 0.25) is 0 Å². The van der Waals surface area contributed by atoms with Gasteiger partial charge in [0.05, 0.1) is 11.1 Å². The minimum atomic E-state index is -0.290. The number of hydrogen-bond acceptors (Lipinski definition) is 2. The Balaban J connectivity index is 2.09. The average molecular weight is 286 g/mol. The lowest BCUT2D eigenvalue weighted by Crippen LogP contribution is -2.10. The number of thioether (sulfide) groups is 1. The van der Waals surface area contributed by atoms with Crippen LogP contribution in [0.2, 0.25) is 0 Å². The van der Waals surface area contributed by atoms with Crippen LogP contribution < -0.4 is 0 Å². The summed E-state index contributed by atoms with van der Waals surface area (Å²) in [5.41, 5.74) is 1.15. The lowest BCUT2D eigenvalue weighted by Gasteiger charge is -2.03. The van der Waals surface area contributed by atoms with Gasteiger partial charge in [-0.05, 0) is 12.1 Å². The Kier molecular flexibility index (Phi) is 3.72. The van der Waals surface area contributed by atoms with Crippen LogP contribution in [-0.2, 0) is 0 Å². The Morgan fingerprint density at radius 3 is 2.93 bits per heavy atom. The van der Waals surface area contributed by atoms with Gasteiger partial charge in [-0.3, -0.25) is 0 Å². The molecule has 0 aliphatic rings. The van der Waals surface area contributed by atoms with Crippen molar-refractivity contribution in [3.05, 3.63) is 30.3 Å². The van der Waals surface area contributed by atoms with E-state index in [4.69, 9.17) is 0 Å². The number of aliphatic hydroxyl groups is 1. The van der Waals surface area contributed by atoms with E-state index in [1.165, 1.54) is 5.39 Å². The zero-order valence-corrected chi connectivity index (χ0v) is 10.5. The number of benzene rings is 1. The second kappa shape index (κ2) is 5.05. The van der Waals surface area contributed by atoms with Gasteiger partial charge in [0.25, 0.3) is 0 Å². The normalized spacial score (nSPS) is 13.2. The van der Waals surface area contributed by atoms with Crippen LogP contribution in [0.15, 0.2) is 35.4 Å². The molecule has 0 saturated heterocycles. The van der Waals surface area contributed by atoms with Crippen LogP contribution in [0.25, 0.3) is 10.9 Å². The fourth-order valence-corrected chi connectivity index (χ4v) is 2.77. The molecule has 2 rings (SSSR count). The molecule has 4 heteroatoms. The monoisotopic (exact) mass is 285 g/mol. The van der Waals surface area contributed by atoms with Crippen molar-refractivity contribution in [2.24, 2.45) is 0 Å². The number of rotatable bonds is 4. The van der Waals surface area contributed by atoms with E-state index in [-0.39, 0.29) is 6.10 Å². The number of nitrogens with one attached hydrogen (secondary N) is 1. The Hall–Kier alpha value is -0.450. The average Bonchev–Trinajstić information content (AvgIpc) is 2.68. The molecule has 0 aliphatic heterocycles. The number of fused-ring (bicyclic) bond motifs is 1. The molecule has 1 aromatic heterocycles. The first-order valence-electron chi connectivity index (χ1n) is 4.74. The zero-order chi connectivity index (χ0) is 10.7. The Morgan fingerprint density at radius 1 is 1.40 bits per heavy atom. The molecule has 80 valence electrons. The molecule has 0 saturated carbocycles. The molecule has 2 N–H and O–H groups in total. The number of hydrogen-bond donors (Lipinski definition) is 2. The lowest BCUT2D eigenvalue weighted by molar-refractivity contribution is 0.226. The van der Waals surface area contributed by atoms with Gasteiger partial charge in [0, 0.05) is 22.0 Å². The number of aromatic nitrogens is 1. The fraction of sp³-hybridized carbons (Fsp3) is 0.273. The summed E-state index contributed by atoms with van der Waals surface area (Å²) in [5, 5.41) is 12.4. The van der Waals surface area contributed by atoms with Gasteiger partial charge < -0.3 is 10.1 Å². The van der Waals surface area contributed by atoms with Gasteiger partial charge in [0.1, 0.15) is 0 Å². The van der Waals surface area contributed by atoms with Crippen LogP contribution >= 0.6 is 27.7 Å². The third-order valence-electron chi connectivity index (χ3n) is 2.11. The molecule has 1 unspecified atom stereocenters. The summed E-state index contributed by atoms with van der Waals surface area (Å²) in [6.45, 7) is 0. The number of aromatic amines is 1. The maximum Gasteiger partial charge on any atom is 0.0733 e. The third kappa shape index (κ3) is 2.77. The van der Waals surface area contributed by atoms with Gasteiger partial charge in [-0.15, -0.1) is 11.8 Å². The maximum absolute atomic E-state index is 9.41. The molecule has 1 atom stereocenters. The Morgan fingerprint density at radius 2 is 2.20 bits per heavy atom. The van der Waals surface area contributed by atoms with Crippen LogP contribution in [-0.4, -0.2) is 27.3 Å². The summed E-state index contributed by atoms with van der Waals surface area (Å²) in [4.78, 5) is 3.31. The lowest BCUT2D eigenvalue weighted by atomic mass is 10.3. The van der Waals surface area contributed by atoms with Crippen LogP contribution in [0, 0.1) is 0 Å². The highest BCUT2D eigenvalue weighted by Crippen LogP contribution is 2.23. The predicted octanol–water partition coefficient (Wildman–Crippen LogP) is 3.02. The quantitative estimate of drug-likeness (QED) is 0.669. The summed E-state index contributed by atoms with van der Waals surface area (Å²) in [6, 6.07) is 10.3. The van der Waals surface area contributed by atoms with Crippen molar-refractivity contribution in [3.8, 4) is 0 Å². The second-order valence-corrected chi connectivity index (χ2v) is 5.05. The number of para-hydroxylation sites is 1. The third-order valence-corrected chi connectivity index (χ3v) is 3.94. The zero-order valence-electron chi connectivity index (χ0n) is 8.11. The van der Waals surface area contributed by atoms with Crippen molar-refractivity contribution in [2.45, 2.75) is 11.1 Å². The minimum absolute atomic E-state index is 0.290. The SMILES string of the molecule is OC(CBr)CSc1cc2ccccc2[nH]1. The van der Waals surface area contributed by atoms with Crippen molar-refractivity contribution >= 4 is 38.6 Å². The van der Waals surface area contributed by atoms with Crippen LogP contribution in [0.4, 0.5) is 0 Å². The standard InChI is InChI=1S/C11H12BrNOS/c12-6-9(14)7-15-11-5-8-3-1-2-4-10(8)13-11/h1-5,9,13-14H,6-7H2. The van der Waals surface area contributed by atoms with E-state index in [0.717, 1.165) is 10.5 Å². The van der Waals surface area contributed by atoms with Gasteiger partial charge >= 0.3 is 0 Å². The molecule has 0 spiro atoms. The molecule has 1 aromatic carbocycles. The summed E-state index contributed by atoms with van der Waals surface area (Å²) in [5.74, 6) is 0.706. The molecule has 0 radical (unpaired) electrons. The molecule has 2 aromatic rings. The molecule has 0 fully saturated rings. The van der Waals surface area contributed by atoms with Gasteiger partial charge in [-0.1, -0.05) is 34.1 Å². The van der Waals surface area contributed by atoms with Crippen molar-refractivity contribution < 1.29 is 5.11 Å².